The number of nitrogens with one attached hydrogen (secondary N) is 1. The summed E-state index contributed by atoms with van der Waals surface area (Å²) in [6.07, 6.45) is 2.51. The Morgan fingerprint density at radius 2 is 1.87 bits per heavy atom. The lowest BCUT2D eigenvalue weighted by Crippen LogP contribution is -2.27. The summed E-state index contributed by atoms with van der Waals surface area (Å²) < 4.78 is 0. The quantitative estimate of drug-likeness (QED) is 0.261. The number of aromatic nitrogens is 4. The van der Waals surface area contributed by atoms with Crippen LogP contribution < -0.4 is 21.3 Å². The Balaban J connectivity index is 1.41. The summed E-state index contributed by atoms with van der Waals surface area (Å²) in [5.41, 5.74) is 15.4. The van der Waals surface area contributed by atoms with Crippen molar-refractivity contribution in [3.63, 3.8) is 0 Å². The number of rotatable bonds is 6. The van der Waals surface area contributed by atoms with E-state index in [-0.39, 0.29) is 17.8 Å². The fraction of sp³-hybridized carbons (Fsp3) is 0.385. The first kappa shape index (κ1) is 25.2. The number of H-pyrrole nitrogens is 1. The molecular weight excluding hydrogens is 524 g/mol. The molecule has 2 saturated heterocycles. The molecule has 6 N–H and O–H groups in total. The topological polar surface area (TPSA) is 150 Å². The standard InChI is InChI=1S/C26H29ClN8O2S/c1-2-17-22(27)21-23(31-17)32-26(33-24(21)35-8-6-14(29)12-35)38-15-3-4-16-18(9-15)30-19(25(36)37)10-20(16)34-7-5-13(28)11-34/h3-4,9-10,13-14H,2,5-8,11-12,28-29H2,1H3,(H,36,37)(H,31,32,33)/t13-,14-/m1/s1. The van der Waals surface area contributed by atoms with Crippen LogP contribution in [0.4, 0.5) is 11.5 Å². The van der Waals surface area contributed by atoms with Crippen molar-refractivity contribution in [2.75, 3.05) is 36.0 Å². The molecule has 198 valence electrons. The highest BCUT2D eigenvalue weighted by Gasteiger charge is 2.27. The SMILES string of the molecule is CCc1[nH]c2nc(Sc3ccc4c(N5CC[C@@H](N)C5)cc(C(=O)O)nc4c3)nc(N3CC[C@@H](N)C3)c2c1Cl. The second-order valence-electron chi connectivity index (χ2n) is 9.93. The predicted molar refractivity (Wildman–Crippen MR) is 151 cm³/mol. The average molecular weight is 553 g/mol. The Morgan fingerprint density at radius 3 is 2.53 bits per heavy atom. The van der Waals surface area contributed by atoms with Crippen LogP contribution in [0, 0.1) is 0 Å². The second kappa shape index (κ2) is 9.88. The van der Waals surface area contributed by atoms with E-state index in [2.05, 4.69) is 19.8 Å². The number of nitrogens with zero attached hydrogens (tertiary/aromatic N) is 5. The summed E-state index contributed by atoms with van der Waals surface area (Å²) in [7, 11) is 0. The first-order chi connectivity index (χ1) is 18.3. The minimum atomic E-state index is -1.06. The van der Waals surface area contributed by atoms with Crippen LogP contribution in [0.25, 0.3) is 21.9 Å². The molecule has 3 aromatic heterocycles. The molecule has 2 fully saturated rings. The smallest absolute Gasteiger partial charge is 0.354 e. The number of halogens is 1. The third-order valence-electron chi connectivity index (χ3n) is 7.25. The molecule has 1 aromatic carbocycles. The molecule has 2 aliphatic rings. The Hall–Kier alpha value is -3.12. The van der Waals surface area contributed by atoms with E-state index in [0.29, 0.717) is 34.4 Å². The zero-order valence-corrected chi connectivity index (χ0v) is 22.5. The number of nitrogens with two attached hydrogens (primary N) is 2. The fourth-order valence-electron chi connectivity index (χ4n) is 5.30. The van der Waals surface area contributed by atoms with Crippen LogP contribution in [0.2, 0.25) is 5.02 Å². The Morgan fingerprint density at radius 1 is 1.13 bits per heavy atom. The van der Waals surface area contributed by atoms with Crippen molar-refractivity contribution in [1.82, 2.24) is 19.9 Å². The van der Waals surface area contributed by atoms with Gasteiger partial charge in [0.1, 0.15) is 11.5 Å². The number of aromatic amines is 1. The molecule has 38 heavy (non-hydrogen) atoms. The third kappa shape index (κ3) is 4.53. The molecule has 4 aromatic rings. The van der Waals surface area contributed by atoms with Gasteiger partial charge in [-0.15, -0.1) is 0 Å². The van der Waals surface area contributed by atoms with Crippen LogP contribution in [0.5, 0.6) is 0 Å². The summed E-state index contributed by atoms with van der Waals surface area (Å²) in [5, 5.41) is 12.6. The number of carbonyl (C=O) groups is 1. The highest BCUT2D eigenvalue weighted by molar-refractivity contribution is 7.99. The zero-order valence-electron chi connectivity index (χ0n) is 20.9. The van der Waals surface area contributed by atoms with Crippen LogP contribution in [-0.2, 0) is 6.42 Å². The molecule has 12 heteroatoms. The van der Waals surface area contributed by atoms with E-state index < -0.39 is 5.97 Å². The van der Waals surface area contributed by atoms with Gasteiger partial charge >= 0.3 is 5.97 Å². The highest BCUT2D eigenvalue weighted by atomic mass is 35.5. The minimum Gasteiger partial charge on any atom is -0.477 e. The fourth-order valence-corrected chi connectivity index (χ4v) is 6.45. The number of aryl methyl sites for hydroxylation is 1. The van der Waals surface area contributed by atoms with Gasteiger partial charge in [0.05, 0.1) is 15.9 Å². The summed E-state index contributed by atoms with van der Waals surface area (Å²) in [4.78, 5) is 34.5. The van der Waals surface area contributed by atoms with E-state index in [9.17, 15) is 9.90 Å². The number of carboxylic acid groups (broad SMARTS) is 1. The third-order valence-corrected chi connectivity index (χ3v) is 8.53. The van der Waals surface area contributed by atoms with Gasteiger partial charge in [-0.05, 0) is 55.3 Å². The number of anilines is 2. The number of fused-ring (bicyclic) bond motifs is 2. The van der Waals surface area contributed by atoms with Crippen molar-refractivity contribution in [1.29, 1.82) is 0 Å². The maximum Gasteiger partial charge on any atom is 0.354 e. The lowest BCUT2D eigenvalue weighted by Gasteiger charge is -2.21. The number of pyridine rings is 1. The molecule has 0 bridgehead atoms. The molecule has 2 atom stereocenters. The zero-order chi connectivity index (χ0) is 26.6. The van der Waals surface area contributed by atoms with Crippen molar-refractivity contribution in [3.8, 4) is 0 Å². The molecule has 0 aliphatic carbocycles. The van der Waals surface area contributed by atoms with Crippen molar-refractivity contribution >= 4 is 62.8 Å². The molecule has 6 rings (SSSR count). The van der Waals surface area contributed by atoms with E-state index >= 15 is 0 Å². The molecule has 0 spiro atoms. The van der Waals surface area contributed by atoms with Gasteiger partial charge in [-0.2, -0.15) is 0 Å². The summed E-state index contributed by atoms with van der Waals surface area (Å²) >= 11 is 8.13. The number of hydrogen-bond acceptors (Lipinski definition) is 9. The second-order valence-corrected chi connectivity index (χ2v) is 11.3. The van der Waals surface area contributed by atoms with Crippen molar-refractivity contribution in [2.24, 2.45) is 11.5 Å². The van der Waals surface area contributed by atoms with E-state index in [4.69, 9.17) is 33.0 Å². The van der Waals surface area contributed by atoms with Crippen LogP contribution in [0.15, 0.2) is 34.3 Å². The van der Waals surface area contributed by atoms with Gasteiger partial charge in [0, 0.05) is 59.9 Å². The van der Waals surface area contributed by atoms with E-state index in [0.717, 1.165) is 65.2 Å². The normalized spacial score (nSPS) is 19.8. The van der Waals surface area contributed by atoms with Gasteiger partial charge < -0.3 is 31.4 Å². The molecule has 0 radical (unpaired) electrons. The van der Waals surface area contributed by atoms with Crippen LogP contribution in [0.1, 0.15) is 35.9 Å². The number of benzene rings is 1. The Bertz CT molecular complexity index is 1560. The Kier molecular flexibility index (Phi) is 6.55. The van der Waals surface area contributed by atoms with Gasteiger partial charge in [0.15, 0.2) is 10.9 Å². The number of hydrogen-bond donors (Lipinski definition) is 4. The number of aromatic carboxylic acids is 1. The van der Waals surface area contributed by atoms with Crippen molar-refractivity contribution in [3.05, 3.63) is 40.7 Å². The largest absolute Gasteiger partial charge is 0.477 e. The van der Waals surface area contributed by atoms with E-state index in [1.807, 2.05) is 25.1 Å². The summed E-state index contributed by atoms with van der Waals surface area (Å²) in [6, 6.07) is 7.67. The average Bonchev–Trinajstić information content (AvgIpc) is 3.61. The first-order valence-corrected chi connectivity index (χ1v) is 13.9. The van der Waals surface area contributed by atoms with Gasteiger partial charge in [-0.25, -0.2) is 19.7 Å². The number of carboxylic acids is 1. The summed E-state index contributed by atoms with van der Waals surface area (Å²) in [6.45, 7) is 5.03. The maximum absolute atomic E-state index is 11.9. The van der Waals surface area contributed by atoms with Crippen LogP contribution >= 0.6 is 23.4 Å². The van der Waals surface area contributed by atoms with E-state index in [1.54, 1.807) is 6.07 Å². The molecule has 5 heterocycles. The highest BCUT2D eigenvalue weighted by Crippen LogP contribution is 2.39. The maximum atomic E-state index is 11.9. The molecule has 0 amide bonds. The van der Waals surface area contributed by atoms with Gasteiger partial charge in [-0.3, -0.25) is 0 Å². The molecule has 10 nitrogen and oxygen atoms in total. The van der Waals surface area contributed by atoms with Crippen molar-refractivity contribution < 1.29 is 9.90 Å². The molecule has 0 saturated carbocycles. The molecular formula is C26H29ClN8O2S. The van der Waals surface area contributed by atoms with Gasteiger partial charge in [0.2, 0.25) is 0 Å². The van der Waals surface area contributed by atoms with Crippen molar-refractivity contribution in [2.45, 2.75) is 48.3 Å². The lowest BCUT2D eigenvalue weighted by molar-refractivity contribution is 0.0691. The lowest BCUT2D eigenvalue weighted by atomic mass is 10.1. The minimum absolute atomic E-state index is 0.00794. The van der Waals surface area contributed by atoms with Crippen LogP contribution in [0.3, 0.4) is 0 Å². The van der Waals surface area contributed by atoms with Crippen LogP contribution in [-0.4, -0.2) is 69.3 Å². The molecule has 2 aliphatic heterocycles. The predicted octanol–water partition coefficient (Wildman–Crippen LogP) is 3.65. The monoisotopic (exact) mass is 552 g/mol. The Labute approximate surface area is 228 Å². The first-order valence-electron chi connectivity index (χ1n) is 12.8. The molecule has 0 unspecified atom stereocenters. The van der Waals surface area contributed by atoms with Gasteiger partial charge in [-0.1, -0.05) is 18.5 Å². The summed E-state index contributed by atoms with van der Waals surface area (Å²) in [5.74, 6) is -0.279. The van der Waals surface area contributed by atoms with Gasteiger partial charge in [0.25, 0.3) is 0 Å². The van der Waals surface area contributed by atoms with E-state index in [1.165, 1.54) is 11.8 Å².